The summed E-state index contributed by atoms with van der Waals surface area (Å²) in [5.41, 5.74) is 0.00152. The fourth-order valence-corrected chi connectivity index (χ4v) is 2.26. The van der Waals surface area contributed by atoms with Crippen LogP contribution < -0.4 is 5.32 Å². The normalized spacial score (nSPS) is 20.7. The van der Waals surface area contributed by atoms with Gasteiger partial charge in [-0.2, -0.15) is 0 Å². The topological polar surface area (TPSA) is 38.1 Å². The van der Waals surface area contributed by atoms with Crippen molar-refractivity contribution < 1.29 is 13.2 Å². The third-order valence-electron chi connectivity index (χ3n) is 3.46. The van der Waals surface area contributed by atoms with E-state index in [0.717, 1.165) is 5.76 Å². The first kappa shape index (κ1) is 14.4. The van der Waals surface area contributed by atoms with Gasteiger partial charge in [0, 0.05) is 24.3 Å². The largest absolute Gasteiger partial charge is 0.444 e. The molecular weight excluding hydrogens is 250 g/mol. The van der Waals surface area contributed by atoms with Crippen LogP contribution >= 0.6 is 0 Å². The number of aromatic nitrogens is 1. The van der Waals surface area contributed by atoms with E-state index in [1.165, 1.54) is 0 Å². The highest BCUT2D eigenvalue weighted by Crippen LogP contribution is 2.40. The molecular formula is C14H22F2N2O. The summed E-state index contributed by atoms with van der Waals surface area (Å²) < 4.78 is 31.9. The van der Waals surface area contributed by atoms with Crippen LogP contribution in [-0.4, -0.2) is 16.4 Å². The lowest BCUT2D eigenvalue weighted by molar-refractivity contribution is -0.0395. The second-order valence-corrected chi connectivity index (χ2v) is 6.39. The quantitative estimate of drug-likeness (QED) is 0.908. The van der Waals surface area contributed by atoms with E-state index in [1.807, 2.05) is 0 Å². The Kier molecular flexibility index (Phi) is 3.95. The molecule has 0 aliphatic heterocycles. The third-order valence-corrected chi connectivity index (χ3v) is 3.46. The van der Waals surface area contributed by atoms with Crippen LogP contribution in [0.15, 0.2) is 10.6 Å². The minimum Gasteiger partial charge on any atom is -0.444 e. The Morgan fingerprint density at radius 1 is 1.37 bits per heavy atom. The molecule has 1 aromatic heterocycles. The van der Waals surface area contributed by atoms with Gasteiger partial charge in [0.1, 0.15) is 5.76 Å². The summed E-state index contributed by atoms with van der Waals surface area (Å²) in [5.74, 6) is -1.02. The van der Waals surface area contributed by atoms with Crippen LogP contribution in [0.3, 0.4) is 0 Å². The highest BCUT2D eigenvalue weighted by Gasteiger charge is 2.36. The van der Waals surface area contributed by atoms with Gasteiger partial charge in [0.2, 0.25) is 11.8 Å². The fourth-order valence-electron chi connectivity index (χ4n) is 2.26. The molecule has 0 saturated heterocycles. The molecule has 1 fully saturated rings. The number of nitrogens with one attached hydrogen (secondary N) is 1. The Balaban J connectivity index is 1.91. The average molecular weight is 272 g/mol. The van der Waals surface area contributed by atoms with Crippen LogP contribution in [0.25, 0.3) is 0 Å². The van der Waals surface area contributed by atoms with Crippen molar-refractivity contribution in [1.29, 1.82) is 0 Å². The van der Waals surface area contributed by atoms with Crippen LogP contribution in [0, 0.1) is 0 Å². The van der Waals surface area contributed by atoms with E-state index in [-0.39, 0.29) is 24.3 Å². The van der Waals surface area contributed by atoms with Gasteiger partial charge in [-0.25, -0.2) is 13.8 Å². The SMILES string of the molecule is CC(C)(C)NCc1ncc(C2CCC(F)(F)CC2)o1. The molecule has 108 valence electrons. The van der Waals surface area contributed by atoms with Crippen molar-refractivity contribution >= 4 is 0 Å². The number of oxazole rings is 1. The number of hydrogen-bond donors (Lipinski definition) is 1. The smallest absolute Gasteiger partial charge is 0.248 e. The molecule has 0 bridgehead atoms. The molecule has 0 atom stereocenters. The molecule has 2 rings (SSSR count). The summed E-state index contributed by atoms with van der Waals surface area (Å²) >= 11 is 0. The summed E-state index contributed by atoms with van der Waals surface area (Å²) in [4.78, 5) is 4.21. The van der Waals surface area contributed by atoms with E-state index in [9.17, 15) is 8.78 Å². The van der Waals surface area contributed by atoms with E-state index in [1.54, 1.807) is 6.20 Å². The number of nitrogens with zero attached hydrogens (tertiary/aromatic N) is 1. The van der Waals surface area contributed by atoms with Crippen molar-refractivity contribution in [3.8, 4) is 0 Å². The molecule has 0 unspecified atom stereocenters. The minimum absolute atomic E-state index is 0.00152. The summed E-state index contributed by atoms with van der Waals surface area (Å²) in [6, 6.07) is 0. The molecule has 1 aliphatic carbocycles. The maximum Gasteiger partial charge on any atom is 0.248 e. The van der Waals surface area contributed by atoms with Gasteiger partial charge in [-0.15, -0.1) is 0 Å². The predicted molar refractivity (Wildman–Crippen MR) is 69.3 cm³/mol. The molecule has 3 nitrogen and oxygen atoms in total. The fraction of sp³-hybridized carbons (Fsp3) is 0.786. The zero-order valence-electron chi connectivity index (χ0n) is 11.8. The highest BCUT2D eigenvalue weighted by molar-refractivity contribution is 5.04. The predicted octanol–water partition coefficient (Wildman–Crippen LogP) is 3.86. The number of alkyl halides is 2. The molecule has 1 heterocycles. The molecule has 1 saturated carbocycles. The van der Waals surface area contributed by atoms with Crippen molar-refractivity contribution in [3.05, 3.63) is 17.8 Å². The van der Waals surface area contributed by atoms with Crippen LogP contribution in [0.4, 0.5) is 8.78 Å². The lowest BCUT2D eigenvalue weighted by atomic mass is 9.85. The Morgan fingerprint density at radius 2 is 2.00 bits per heavy atom. The first-order valence-corrected chi connectivity index (χ1v) is 6.83. The van der Waals surface area contributed by atoms with E-state index < -0.39 is 5.92 Å². The number of halogens is 2. The third kappa shape index (κ3) is 4.27. The molecule has 1 aliphatic rings. The van der Waals surface area contributed by atoms with Crippen molar-refractivity contribution in [2.75, 3.05) is 0 Å². The standard InChI is InChI=1S/C14H22F2N2O/c1-13(2,3)18-9-12-17-8-11(19-12)10-4-6-14(15,16)7-5-10/h8,10,18H,4-7,9H2,1-3H3. The van der Waals surface area contributed by atoms with Crippen molar-refractivity contribution in [1.82, 2.24) is 10.3 Å². The molecule has 0 spiro atoms. The number of hydrogen-bond acceptors (Lipinski definition) is 3. The van der Waals surface area contributed by atoms with Crippen molar-refractivity contribution in [2.45, 2.75) is 70.4 Å². The lowest BCUT2D eigenvalue weighted by Gasteiger charge is -2.26. The molecule has 1 aromatic rings. The zero-order chi connectivity index (χ0) is 14.1. The monoisotopic (exact) mass is 272 g/mol. The first-order valence-electron chi connectivity index (χ1n) is 6.83. The number of rotatable bonds is 3. The molecule has 0 amide bonds. The van der Waals surface area contributed by atoms with Gasteiger partial charge in [-0.3, -0.25) is 0 Å². The Bertz CT molecular complexity index is 413. The van der Waals surface area contributed by atoms with Crippen molar-refractivity contribution in [3.63, 3.8) is 0 Å². The maximum atomic E-state index is 13.1. The average Bonchev–Trinajstić information content (AvgIpc) is 2.74. The first-order chi connectivity index (χ1) is 8.75. The summed E-state index contributed by atoms with van der Waals surface area (Å²) in [7, 11) is 0. The second-order valence-electron chi connectivity index (χ2n) is 6.39. The van der Waals surface area contributed by atoms with Crippen LogP contribution in [0.1, 0.15) is 64.0 Å². The summed E-state index contributed by atoms with van der Waals surface area (Å²) in [6.45, 7) is 6.77. The van der Waals surface area contributed by atoms with Gasteiger partial charge in [0.05, 0.1) is 12.7 Å². The Labute approximate surface area is 112 Å². The molecule has 0 radical (unpaired) electrons. The molecule has 1 N–H and O–H groups in total. The van der Waals surface area contributed by atoms with Crippen molar-refractivity contribution in [2.24, 2.45) is 0 Å². The van der Waals surface area contributed by atoms with Crippen LogP contribution in [-0.2, 0) is 6.54 Å². The van der Waals surface area contributed by atoms with Gasteiger partial charge >= 0.3 is 0 Å². The molecule has 5 heteroatoms. The van der Waals surface area contributed by atoms with Crippen LogP contribution in [0.2, 0.25) is 0 Å². The lowest BCUT2D eigenvalue weighted by Crippen LogP contribution is -2.35. The van der Waals surface area contributed by atoms with Gasteiger partial charge in [-0.1, -0.05) is 0 Å². The maximum absolute atomic E-state index is 13.1. The Morgan fingerprint density at radius 3 is 2.58 bits per heavy atom. The van der Waals surface area contributed by atoms with E-state index in [0.29, 0.717) is 25.3 Å². The minimum atomic E-state index is -2.49. The van der Waals surface area contributed by atoms with E-state index >= 15 is 0 Å². The van der Waals surface area contributed by atoms with Gasteiger partial charge in [0.15, 0.2) is 0 Å². The molecule has 19 heavy (non-hydrogen) atoms. The van der Waals surface area contributed by atoms with E-state index in [2.05, 4.69) is 31.1 Å². The Hall–Kier alpha value is -0.970. The van der Waals surface area contributed by atoms with Gasteiger partial charge < -0.3 is 9.73 Å². The van der Waals surface area contributed by atoms with E-state index in [4.69, 9.17) is 4.42 Å². The van der Waals surface area contributed by atoms with Crippen LogP contribution in [0.5, 0.6) is 0 Å². The van der Waals surface area contributed by atoms with Gasteiger partial charge in [0.25, 0.3) is 0 Å². The summed E-state index contributed by atoms with van der Waals surface area (Å²) in [6.07, 6.45) is 2.55. The zero-order valence-corrected chi connectivity index (χ0v) is 11.8. The summed E-state index contributed by atoms with van der Waals surface area (Å²) in [5, 5.41) is 3.29. The van der Waals surface area contributed by atoms with Gasteiger partial charge in [-0.05, 0) is 33.6 Å². The second kappa shape index (κ2) is 5.19. The highest BCUT2D eigenvalue weighted by atomic mass is 19.3. The molecule has 0 aromatic carbocycles.